The van der Waals surface area contributed by atoms with E-state index >= 15 is 0 Å². The summed E-state index contributed by atoms with van der Waals surface area (Å²) in [4.78, 5) is 20.4. The Kier molecular flexibility index (Phi) is 10.5. The van der Waals surface area contributed by atoms with Gasteiger partial charge in [0, 0.05) is 33.7 Å². The van der Waals surface area contributed by atoms with Gasteiger partial charge in [-0.25, -0.2) is 4.99 Å². The SMILES string of the molecule is CCNC(=NCc1cccc(OCC(=O)N(C)C)c1)N1CC=C(c2ccccc2)CC1.I. The zero-order valence-electron chi connectivity index (χ0n) is 19.1. The molecule has 7 heteroatoms. The number of likely N-dealkylation sites (N-methyl/N-ethyl adjacent to an activating group) is 1. The van der Waals surface area contributed by atoms with Gasteiger partial charge in [0.25, 0.3) is 5.91 Å². The third-order valence-corrected chi connectivity index (χ3v) is 5.16. The van der Waals surface area contributed by atoms with Crippen LogP contribution in [0.2, 0.25) is 0 Å². The Morgan fingerprint density at radius 1 is 1.16 bits per heavy atom. The fourth-order valence-electron chi connectivity index (χ4n) is 3.38. The maximum Gasteiger partial charge on any atom is 0.259 e. The van der Waals surface area contributed by atoms with E-state index in [2.05, 4.69) is 53.5 Å². The zero-order chi connectivity index (χ0) is 22.1. The van der Waals surface area contributed by atoms with Gasteiger partial charge in [0.2, 0.25) is 0 Å². The molecule has 0 spiro atoms. The number of aliphatic imine (C=N–C) groups is 1. The first-order valence-electron chi connectivity index (χ1n) is 10.8. The molecule has 0 radical (unpaired) electrons. The van der Waals surface area contributed by atoms with Crippen LogP contribution in [0.1, 0.15) is 24.5 Å². The molecular weight excluding hydrogens is 515 g/mol. The Morgan fingerprint density at radius 3 is 2.59 bits per heavy atom. The van der Waals surface area contributed by atoms with Gasteiger partial charge in [0.05, 0.1) is 6.54 Å². The Balaban J connectivity index is 0.00000363. The van der Waals surface area contributed by atoms with Crippen LogP contribution < -0.4 is 10.1 Å². The van der Waals surface area contributed by atoms with Crippen molar-refractivity contribution in [2.45, 2.75) is 19.9 Å². The van der Waals surface area contributed by atoms with Crippen LogP contribution in [0.25, 0.3) is 5.57 Å². The fraction of sp³-hybridized carbons (Fsp3) is 0.360. The molecular formula is C25H33IN4O2. The van der Waals surface area contributed by atoms with Crippen molar-refractivity contribution in [1.82, 2.24) is 15.1 Å². The van der Waals surface area contributed by atoms with Crippen LogP contribution in [0.4, 0.5) is 0 Å². The number of nitrogens with one attached hydrogen (secondary N) is 1. The maximum absolute atomic E-state index is 11.7. The highest BCUT2D eigenvalue weighted by molar-refractivity contribution is 14.0. The average Bonchev–Trinajstić information content (AvgIpc) is 2.81. The van der Waals surface area contributed by atoms with Crippen LogP contribution in [-0.4, -0.2) is 62.0 Å². The third-order valence-electron chi connectivity index (χ3n) is 5.16. The largest absolute Gasteiger partial charge is 0.484 e. The van der Waals surface area contributed by atoms with Gasteiger partial charge in [0.15, 0.2) is 12.6 Å². The number of amides is 1. The Labute approximate surface area is 208 Å². The van der Waals surface area contributed by atoms with E-state index in [0.29, 0.717) is 12.3 Å². The summed E-state index contributed by atoms with van der Waals surface area (Å²) in [5.41, 5.74) is 3.74. The molecule has 0 aromatic heterocycles. The first-order chi connectivity index (χ1) is 15.1. The van der Waals surface area contributed by atoms with Gasteiger partial charge in [-0.05, 0) is 42.2 Å². The number of carbonyl (C=O) groups excluding carboxylic acids is 1. The number of halogens is 1. The molecule has 0 fully saturated rings. The summed E-state index contributed by atoms with van der Waals surface area (Å²) in [7, 11) is 3.44. The second kappa shape index (κ2) is 13.1. The molecule has 1 heterocycles. The molecule has 6 nitrogen and oxygen atoms in total. The highest BCUT2D eigenvalue weighted by Gasteiger charge is 2.16. The number of guanidine groups is 1. The topological polar surface area (TPSA) is 57.2 Å². The van der Waals surface area contributed by atoms with Gasteiger partial charge in [-0.3, -0.25) is 4.79 Å². The maximum atomic E-state index is 11.7. The second-order valence-corrected chi connectivity index (χ2v) is 7.69. The molecule has 32 heavy (non-hydrogen) atoms. The molecule has 0 bridgehead atoms. The number of carbonyl (C=O) groups is 1. The molecule has 3 rings (SSSR count). The summed E-state index contributed by atoms with van der Waals surface area (Å²) in [5, 5.41) is 3.41. The lowest BCUT2D eigenvalue weighted by Gasteiger charge is -2.30. The Hall–Kier alpha value is -2.55. The zero-order valence-corrected chi connectivity index (χ0v) is 21.4. The van der Waals surface area contributed by atoms with Crippen LogP contribution in [-0.2, 0) is 11.3 Å². The highest BCUT2D eigenvalue weighted by atomic mass is 127. The summed E-state index contributed by atoms with van der Waals surface area (Å²) in [6.07, 6.45) is 3.29. The second-order valence-electron chi connectivity index (χ2n) is 7.69. The van der Waals surface area contributed by atoms with Crippen molar-refractivity contribution in [3.63, 3.8) is 0 Å². The third kappa shape index (κ3) is 7.55. The predicted octanol–water partition coefficient (Wildman–Crippen LogP) is 4.03. The number of benzene rings is 2. The first-order valence-corrected chi connectivity index (χ1v) is 10.8. The van der Waals surface area contributed by atoms with Gasteiger partial charge in [-0.15, -0.1) is 24.0 Å². The molecule has 0 unspecified atom stereocenters. The van der Waals surface area contributed by atoms with Crippen LogP contribution >= 0.6 is 24.0 Å². The van der Waals surface area contributed by atoms with Crippen molar-refractivity contribution in [1.29, 1.82) is 0 Å². The molecule has 0 atom stereocenters. The normalized spacial score (nSPS) is 13.7. The van der Waals surface area contributed by atoms with E-state index < -0.39 is 0 Å². The average molecular weight is 548 g/mol. The van der Waals surface area contributed by atoms with Crippen molar-refractivity contribution in [2.24, 2.45) is 4.99 Å². The van der Waals surface area contributed by atoms with Crippen LogP contribution in [0, 0.1) is 0 Å². The summed E-state index contributed by atoms with van der Waals surface area (Å²) >= 11 is 0. The lowest BCUT2D eigenvalue weighted by molar-refractivity contribution is -0.130. The van der Waals surface area contributed by atoms with Crippen molar-refractivity contribution in [2.75, 3.05) is 40.3 Å². The molecule has 1 N–H and O–H groups in total. The van der Waals surface area contributed by atoms with E-state index in [4.69, 9.17) is 9.73 Å². The Bertz CT molecular complexity index is 929. The highest BCUT2D eigenvalue weighted by Crippen LogP contribution is 2.22. The first kappa shape index (κ1) is 25.7. The van der Waals surface area contributed by atoms with Gasteiger partial charge >= 0.3 is 0 Å². The standard InChI is InChI=1S/C25H32N4O2.HI/c1-4-26-25(29-15-13-22(14-16-29)21-10-6-5-7-11-21)27-18-20-9-8-12-23(17-20)31-19-24(30)28(2)3;/h5-13,17H,4,14-16,18-19H2,1-3H3,(H,26,27);1H. The van der Waals surface area contributed by atoms with Crippen molar-refractivity contribution < 1.29 is 9.53 Å². The molecule has 0 saturated carbocycles. The van der Waals surface area contributed by atoms with E-state index in [1.54, 1.807) is 14.1 Å². The summed E-state index contributed by atoms with van der Waals surface area (Å²) in [6, 6.07) is 18.3. The number of ether oxygens (including phenoxy) is 1. The molecule has 1 aliphatic heterocycles. The van der Waals surface area contributed by atoms with Gasteiger partial charge in [-0.1, -0.05) is 48.5 Å². The van der Waals surface area contributed by atoms with E-state index in [0.717, 1.165) is 37.6 Å². The number of hydrogen-bond acceptors (Lipinski definition) is 3. The minimum atomic E-state index is -0.0640. The summed E-state index contributed by atoms with van der Waals surface area (Å²) in [6.45, 7) is 5.26. The number of nitrogens with zero attached hydrogens (tertiary/aromatic N) is 3. The van der Waals surface area contributed by atoms with E-state index in [1.165, 1.54) is 16.0 Å². The van der Waals surface area contributed by atoms with E-state index in [-0.39, 0.29) is 36.5 Å². The number of rotatable bonds is 7. The summed E-state index contributed by atoms with van der Waals surface area (Å²) < 4.78 is 5.62. The lowest BCUT2D eigenvalue weighted by atomic mass is 10.00. The van der Waals surface area contributed by atoms with Crippen molar-refractivity contribution in [3.05, 3.63) is 71.8 Å². The molecule has 2 aromatic rings. The van der Waals surface area contributed by atoms with Gasteiger partial charge in [0.1, 0.15) is 5.75 Å². The molecule has 0 aliphatic carbocycles. The van der Waals surface area contributed by atoms with Crippen molar-refractivity contribution >= 4 is 41.4 Å². The Morgan fingerprint density at radius 2 is 1.94 bits per heavy atom. The molecule has 2 aromatic carbocycles. The molecule has 1 aliphatic rings. The van der Waals surface area contributed by atoms with Crippen molar-refractivity contribution in [3.8, 4) is 5.75 Å². The molecule has 172 valence electrons. The predicted molar refractivity (Wildman–Crippen MR) is 141 cm³/mol. The van der Waals surface area contributed by atoms with E-state index in [1.807, 2.05) is 24.3 Å². The number of hydrogen-bond donors (Lipinski definition) is 1. The molecule has 0 saturated heterocycles. The van der Waals surface area contributed by atoms with Crippen LogP contribution in [0.3, 0.4) is 0 Å². The lowest BCUT2D eigenvalue weighted by Crippen LogP contribution is -2.43. The fourth-order valence-corrected chi connectivity index (χ4v) is 3.38. The monoisotopic (exact) mass is 548 g/mol. The van der Waals surface area contributed by atoms with E-state index in [9.17, 15) is 4.79 Å². The van der Waals surface area contributed by atoms with Gasteiger partial charge in [-0.2, -0.15) is 0 Å². The van der Waals surface area contributed by atoms with Crippen LogP contribution in [0.5, 0.6) is 5.75 Å². The smallest absolute Gasteiger partial charge is 0.259 e. The quantitative estimate of drug-likeness (QED) is 0.323. The minimum absolute atomic E-state index is 0. The summed E-state index contributed by atoms with van der Waals surface area (Å²) in [5.74, 6) is 1.53. The molecule has 1 amide bonds. The minimum Gasteiger partial charge on any atom is -0.484 e. The van der Waals surface area contributed by atoms with Gasteiger partial charge < -0.3 is 19.9 Å². The van der Waals surface area contributed by atoms with Crippen LogP contribution in [0.15, 0.2) is 65.7 Å².